The Kier molecular flexibility index (Phi) is 3.81. The number of sulfone groups is 1. The summed E-state index contributed by atoms with van der Waals surface area (Å²) in [5.41, 5.74) is 1.24. The molecule has 94 valence electrons. The summed E-state index contributed by atoms with van der Waals surface area (Å²) >= 11 is 0. The number of benzene rings is 1. The first-order chi connectivity index (χ1) is 8.07. The van der Waals surface area contributed by atoms with E-state index in [0.29, 0.717) is 0 Å². The molecule has 17 heavy (non-hydrogen) atoms. The zero-order chi connectivity index (χ0) is 12.3. The average Bonchev–Trinajstić information content (AvgIpc) is 2.53. The molecule has 1 fully saturated rings. The Bertz CT molecular complexity index is 458. The summed E-state index contributed by atoms with van der Waals surface area (Å²) in [4.78, 5) is 0. The van der Waals surface area contributed by atoms with Gasteiger partial charge in [0.25, 0.3) is 0 Å². The van der Waals surface area contributed by atoms with Crippen LogP contribution in [0.4, 0.5) is 0 Å². The molecule has 0 aromatic heterocycles. The van der Waals surface area contributed by atoms with Crippen LogP contribution in [0.25, 0.3) is 0 Å². The molecule has 1 aliphatic heterocycles. The van der Waals surface area contributed by atoms with E-state index >= 15 is 0 Å². The van der Waals surface area contributed by atoms with Crippen molar-refractivity contribution in [2.45, 2.75) is 18.6 Å². The smallest absolute Gasteiger partial charge is 0.159 e. The lowest BCUT2D eigenvalue weighted by atomic mass is 10.1. The topological polar surface area (TPSA) is 71.0 Å². The van der Waals surface area contributed by atoms with Gasteiger partial charge in [-0.1, -0.05) is 30.3 Å². The molecule has 1 saturated heterocycles. The standard InChI is InChI=1S/C12H17NO3S/c14-12-9-17(15,16)8-11(12)13-7-6-10-4-2-1-3-5-10/h1-5,11-14H,6-9H2/p+1/t11-,12-/m0/s1. The van der Waals surface area contributed by atoms with Gasteiger partial charge in [-0.25, -0.2) is 8.42 Å². The van der Waals surface area contributed by atoms with Gasteiger partial charge in [-0.2, -0.15) is 0 Å². The zero-order valence-electron chi connectivity index (χ0n) is 9.62. The lowest BCUT2D eigenvalue weighted by molar-refractivity contribution is -0.690. The number of aliphatic hydroxyl groups excluding tert-OH is 1. The zero-order valence-corrected chi connectivity index (χ0v) is 10.4. The van der Waals surface area contributed by atoms with Gasteiger partial charge >= 0.3 is 0 Å². The third-order valence-corrected chi connectivity index (χ3v) is 4.85. The van der Waals surface area contributed by atoms with Crippen LogP contribution in [0.2, 0.25) is 0 Å². The van der Waals surface area contributed by atoms with E-state index in [0.717, 1.165) is 13.0 Å². The number of aliphatic hydroxyl groups is 1. The van der Waals surface area contributed by atoms with Crippen molar-refractivity contribution in [1.29, 1.82) is 0 Å². The van der Waals surface area contributed by atoms with Gasteiger partial charge in [-0.15, -0.1) is 0 Å². The second kappa shape index (κ2) is 5.16. The summed E-state index contributed by atoms with van der Waals surface area (Å²) in [6.07, 6.45) is 0.181. The summed E-state index contributed by atoms with van der Waals surface area (Å²) in [5.74, 6) is 0.0163. The number of hydrogen-bond acceptors (Lipinski definition) is 3. The molecule has 0 aliphatic carbocycles. The van der Waals surface area contributed by atoms with E-state index in [2.05, 4.69) is 12.1 Å². The minimum Gasteiger partial charge on any atom is -0.386 e. The van der Waals surface area contributed by atoms with E-state index in [-0.39, 0.29) is 17.5 Å². The summed E-state index contributed by atoms with van der Waals surface area (Å²) in [7, 11) is -3.02. The molecule has 1 aromatic rings. The van der Waals surface area contributed by atoms with Crippen molar-refractivity contribution >= 4 is 9.84 Å². The van der Waals surface area contributed by atoms with Crippen LogP contribution in [0.1, 0.15) is 5.56 Å². The summed E-state index contributed by atoms with van der Waals surface area (Å²) in [6.45, 7) is 0.807. The molecule has 0 radical (unpaired) electrons. The average molecular weight is 256 g/mol. The van der Waals surface area contributed by atoms with Crippen LogP contribution in [0, 0.1) is 0 Å². The summed E-state index contributed by atoms with van der Waals surface area (Å²) in [6, 6.07) is 9.86. The Hall–Kier alpha value is -0.910. The molecule has 2 atom stereocenters. The fourth-order valence-corrected chi connectivity index (χ4v) is 4.04. The van der Waals surface area contributed by atoms with Gasteiger partial charge in [0.15, 0.2) is 9.84 Å². The minimum atomic E-state index is -3.02. The third-order valence-electron chi connectivity index (χ3n) is 3.11. The van der Waals surface area contributed by atoms with E-state index in [1.165, 1.54) is 5.56 Å². The molecule has 1 aliphatic rings. The number of quaternary nitrogens is 1. The van der Waals surface area contributed by atoms with E-state index < -0.39 is 15.9 Å². The highest BCUT2D eigenvalue weighted by molar-refractivity contribution is 7.91. The highest BCUT2D eigenvalue weighted by atomic mass is 32.2. The highest BCUT2D eigenvalue weighted by Gasteiger charge is 2.38. The molecule has 0 unspecified atom stereocenters. The first kappa shape index (κ1) is 12.5. The molecule has 4 nitrogen and oxygen atoms in total. The van der Waals surface area contributed by atoms with Crippen molar-refractivity contribution in [3.05, 3.63) is 35.9 Å². The van der Waals surface area contributed by atoms with Crippen molar-refractivity contribution in [3.63, 3.8) is 0 Å². The van der Waals surface area contributed by atoms with Gasteiger partial charge in [-0.05, 0) is 5.56 Å². The predicted molar refractivity (Wildman–Crippen MR) is 65.4 cm³/mol. The van der Waals surface area contributed by atoms with Crippen molar-refractivity contribution in [3.8, 4) is 0 Å². The quantitative estimate of drug-likeness (QED) is 0.722. The molecule has 1 aromatic carbocycles. The Morgan fingerprint density at radius 1 is 1.24 bits per heavy atom. The van der Waals surface area contributed by atoms with Gasteiger partial charge in [0.2, 0.25) is 0 Å². The molecule has 1 heterocycles. The molecular formula is C12H18NO3S+. The van der Waals surface area contributed by atoms with Gasteiger partial charge < -0.3 is 10.4 Å². The van der Waals surface area contributed by atoms with Crippen molar-refractivity contribution < 1.29 is 18.8 Å². The molecule has 0 saturated carbocycles. The van der Waals surface area contributed by atoms with Crippen LogP contribution in [0.3, 0.4) is 0 Å². The van der Waals surface area contributed by atoms with Crippen molar-refractivity contribution in [2.75, 3.05) is 18.1 Å². The third kappa shape index (κ3) is 3.52. The summed E-state index contributed by atoms with van der Waals surface area (Å²) < 4.78 is 22.6. The van der Waals surface area contributed by atoms with Gasteiger partial charge in [0.05, 0.1) is 12.3 Å². The molecule has 0 amide bonds. The number of hydrogen-bond donors (Lipinski definition) is 2. The number of rotatable bonds is 4. The van der Waals surface area contributed by atoms with Crippen LogP contribution in [-0.4, -0.2) is 43.7 Å². The lowest BCUT2D eigenvalue weighted by Crippen LogP contribution is -2.93. The maximum absolute atomic E-state index is 11.3. The Morgan fingerprint density at radius 2 is 1.94 bits per heavy atom. The fourth-order valence-electron chi connectivity index (χ4n) is 2.19. The Morgan fingerprint density at radius 3 is 2.53 bits per heavy atom. The second-order valence-corrected chi connectivity index (χ2v) is 6.72. The first-order valence-corrected chi connectivity index (χ1v) is 7.65. The van der Waals surface area contributed by atoms with Gasteiger partial charge in [0.1, 0.15) is 17.9 Å². The minimum absolute atomic E-state index is 0.0838. The van der Waals surface area contributed by atoms with E-state index in [1.807, 2.05) is 23.5 Å². The Balaban J connectivity index is 1.80. The van der Waals surface area contributed by atoms with Crippen LogP contribution in [0.5, 0.6) is 0 Å². The first-order valence-electron chi connectivity index (χ1n) is 5.82. The van der Waals surface area contributed by atoms with Crippen molar-refractivity contribution in [2.24, 2.45) is 0 Å². The van der Waals surface area contributed by atoms with Crippen molar-refractivity contribution in [1.82, 2.24) is 0 Å². The maximum Gasteiger partial charge on any atom is 0.159 e. The summed E-state index contributed by atoms with van der Waals surface area (Å²) in [5, 5.41) is 11.6. The van der Waals surface area contributed by atoms with Gasteiger partial charge in [0, 0.05) is 6.42 Å². The SMILES string of the molecule is O=S1(=O)C[C@H]([NH2+]CCc2ccccc2)[C@@H](O)C1. The second-order valence-electron chi connectivity index (χ2n) is 4.57. The van der Waals surface area contributed by atoms with Crippen LogP contribution < -0.4 is 5.32 Å². The van der Waals surface area contributed by atoms with Crippen LogP contribution in [-0.2, 0) is 16.3 Å². The molecule has 2 rings (SSSR count). The largest absolute Gasteiger partial charge is 0.386 e. The van der Waals surface area contributed by atoms with Crippen LogP contribution in [0.15, 0.2) is 30.3 Å². The van der Waals surface area contributed by atoms with E-state index in [4.69, 9.17) is 0 Å². The lowest BCUT2D eigenvalue weighted by Gasteiger charge is -2.11. The fraction of sp³-hybridized carbons (Fsp3) is 0.500. The van der Waals surface area contributed by atoms with E-state index in [1.54, 1.807) is 0 Å². The molecule has 0 bridgehead atoms. The van der Waals surface area contributed by atoms with Gasteiger partial charge in [-0.3, -0.25) is 0 Å². The highest BCUT2D eigenvalue weighted by Crippen LogP contribution is 2.09. The predicted octanol–water partition coefficient (Wildman–Crippen LogP) is -1.05. The van der Waals surface area contributed by atoms with E-state index in [9.17, 15) is 13.5 Å². The monoisotopic (exact) mass is 256 g/mol. The molecule has 0 spiro atoms. The Labute approximate surface area is 102 Å². The normalized spacial score (nSPS) is 27.1. The maximum atomic E-state index is 11.3. The molecule has 3 N–H and O–H groups in total. The molecular weight excluding hydrogens is 238 g/mol. The molecule has 5 heteroatoms. The van der Waals surface area contributed by atoms with Crippen LogP contribution >= 0.6 is 0 Å². The number of nitrogens with two attached hydrogens (primary N) is 1.